The minimum Gasteiger partial charge on any atom is -0.398 e. The number of ketones is 1. The van der Waals surface area contributed by atoms with Crippen molar-refractivity contribution in [2.75, 3.05) is 5.73 Å². The highest BCUT2D eigenvalue weighted by molar-refractivity contribution is 6.06. The maximum absolute atomic E-state index is 14.5. The topological polar surface area (TPSA) is 52.3 Å². The van der Waals surface area contributed by atoms with Crippen molar-refractivity contribution in [1.82, 2.24) is 0 Å². The van der Waals surface area contributed by atoms with E-state index in [4.69, 9.17) is 10.5 Å². The third-order valence-electron chi connectivity index (χ3n) is 4.19. The van der Waals surface area contributed by atoms with E-state index in [9.17, 15) is 18.0 Å². The van der Waals surface area contributed by atoms with Crippen molar-refractivity contribution in [3.8, 4) is 0 Å². The molecule has 0 spiro atoms. The number of ether oxygens (including phenoxy) is 1. The lowest BCUT2D eigenvalue weighted by molar-refractivity contribution is -0.0719. The number of nitrogen functional groups attached to an aromatic ring is 1. The summed E-state index contributed by atoms with van der Waals surface area (Å²) in [4.78, 5) is 12.5. The van der Waals surface area contributed by atoms with Gasteiger partial charge in [0.1, 0.15) is 11.9 Å². The van der Waals surface area contributed by atoms with Gasteiger partial charge in [-0.1, -0.05) is 30.3 Å². The molecule has 0 aliphatic heterocycles. The summed E-state index contributed by atoms with van der Waals surface area (Å²) < 4.78 is 48.2. The predicted octanol–water partition coefficient (Wildman–Crippen LogP) is 3.98. The first kappa shape index (κ1) is 16.5. The molecule has 0 bridgehead atoms. The van der Waals surface area contributed by atoms with Gasteiger partial charge in [0, 0.05) is 17.7 Å². The number of alkyl halides is 2. The summed E-state index contributed by atoms with van der Waals surface area (Å²) in [6.45, 7) is 1.25. The Labute approximate surface area is 137 Å². The molecule has 2 N–H and O–H groups in total. The van der Waals surface area contributed by atoms with Crippen molar-refractivity contribution in [3.05, 3.63) is 64.5 Å². The highest BCUT2D eigenvalue weighted by Gasteiger charge is 2.48. The molecule has 3 nitrogen and oxygen atoms in total. The molecule has 0 fully saturated rings. The Hall–Kier alpha value is -2.34. The van der Waals surface area contributed by atoms with Crippen LogP contribution in [0.4, 0.5) is 18.9 Å². The van der Waals surface area contributed by atoms with Crippen molar-refractivity contribution in [3.63, 3.8) is 0 Å². The number of carbonyl (C=O) groups excluding carboxylic acids is 1. The number of carbonyl (C=O) groups is 1. The number of hydrogen-bond donors (Lipinski definition) is 1. The van der Waals surface area contributed by atoms with Gasteiger partial charge in [-0.25, -0.2) is 13.2 Å². The second kappa shape index (κ2) is 5.94. The van der Waals surface area contributed by atoms with Crippen LogP contribution in [0.25, 0.3) is 0 Å². The number of fused-ring (bicyclic) bond motifs is 1. The summed E-state index contributed by atoms with van der Waals surface area (Å²) in [6, 6.07) is 9.84. The number of anilines is 1. The molecule has 0 aromatic heterocycles. The molecule has 1 aliphatic rings. The molecule has 1 aliphatic carbocycles. The fraction of sp³-hybridized carbons (Fsp3) is 0.278. The maximum Gasteiger partial charge on any atom is 0.277 e. The molecule has 0 saturated carbocycles. The average molecular weight is 335 g/mol. The minimum atomic E-state index is -3.38. The molecule has 2 aromatic carbocycles. The number of halogens is 3. The molecule has 1 unspecified atom stereocenters. The summed E-state index contributed by atoms with van der Waals surface area (Å²) in [5, 5.41) is 0. The number of benzene rings is 2. The number of hydrogen-bond acceptors (Lipinski definition) is 3. The van der Waals surface area contributed by atoms with Gasteiger partial charge in [0.25, 0.3) is 5.92 Å². The zero-order valence-corrected chi connectivity index (χ0v) is 13.0. The van der Waals surface area contributed by atoms with Crippen LogP contribution in [-0.4, -0.2) is 11.9 Å². The van der Waals surface area contributed by atoms with E-state index in [-0.39, 0.29) is 23.4 Å². The van der Waals surface area contributed by atoms with Crippen LogP contribution in [0.2, 0.25) is 0 Å². The lowest BCUT2D eigenvalue weighted by atomic mass is 9.82. The van der Waals surface area contributed by atoms with E-state index < -0.39 is 35.6 Å². The van der Waals surface area contributed by atoms with Crippen LogP contribution >= 0.6 is 0 Å². The number of nitrogens with two attached hydrogens (primary N) is 1. The highest BCUT2D eigenvalue weighted by atomic mass is 19.3. The SMILES string of the molecule is Cc1c(F)cc(N)c2c1C(F)(F)CC(OCc1ccccc1)C2=O. The van der Waals surface area contributed by atoms with E-state index in [2.05, 4.69) is 0 Å². The largest absolute Gasteiger partial charge is 0.398 e. The smallest absolute Gasteiger partial charge is 0.277 e. The molecule has 0 amide bonds. The van der Waals surface area contributed by atoms with Crippen molar-refractivity contribution in [2.45, 2.75) is 32.0 Å². The van der Waals surface area contributed by atoms with Crippen LogP contribution < -0.4 is 5.73 Å². The highest BCUT2D eigenvalue weighted by Crippen LogP contribution is 2.45. The van der Waals surface area contributed by atoms with Crippen molar-refractivity contribution in [1.29, 1.82) is 0 Å². The predicted molar refractivity (Wildman–Crippen MR) is 83.4 cm³/mol. The molecule has 0 radical (unpaired) electrons. The molecule has 3 rings (SSSR count). The molecule has 1 atom stereocenters. The van der Waals surface area contributed by atoms with E-state index in [1.165, 1.54) is 6.92 Å². The third-order valence-corrected chi connectivity index (χ3v) is 4.19. The van der Waals surface area contributed by atoms with Gasteiger partial charge in [-0.2, -0.15) is 0 Å². The van der Waals surface area contributed by atoms with Crippen molar-refractivity contribution < 1.29 is 22.7 Å². The van der Waals surface area contributed by atoms with Crippen LogP contribution in [0.15, 0.2) is 36.4 Å². The lowest BCUT2D eigenvalue weighted by Crippen LogP contribution is -2.39. The van der Waals surface area contributed by atoms with Crippen LogP contribution in [0.3, 0.4) is 0 Å². The molecule has 24 heavy (non-hydrogen) atoms. The van der Waals surface area contributed by atoms with E-state index in [1.54, 1.807) is 24.3 Å². The minimum absolute atomic E-state index is 0.0305. The van der Waals surface area contributed by atoms with Crippen LogP contribution in [0.5, 0.6) is 0 Å². The Bertz CT molecular complexity index is 791. The van der Waals surface area contributed by atoms with Gasteiger partial charge >= 0.3 is 0 Å². The lowest BCUT2D eigenvalue weighted by Gasteiger charge is -2.32. The maximum atomic E-state index is 14.5. The van der Waals surface area contributed by atoms with Crippen LogP contribution in [0.1, 0.15) is 33.5 Å². The molecular weight excluding hydrogens is 319 g/mol. The first-order valence-electron chi connectivity index (χ1n) is 7.48. The molecular formula is C18H16F3NO2. The Morgan fingerprint density at radius 1 is 1.29 bits per heavy atom. The van der Waals surface area contributed by atoms with E-state index in [0.29, 0.717) is 0 Å². The normalized spacial score (nSPS) is 19.2. The average Bonchev–Trinajstić information content (AvgIpc) is 2.54. The summed E-state index contributed by atoms with van der Waals surface area (Å²) in [5.74, 6) is -4.86. The van der Waals surface area contributed by atoms with Gasteiger partial charge in [-0.3, -0.25) is 4.79 Å². The Balaban J connectivity index is 1.94. The molecule has 0 heterocycles. The fourth-order valence-electron chi connectivity index (χ4n) is 2.99. The molecule has 126 valence electrons. The Kier molecular flexibility index (Phi) is 4.09. The Morgan fingerprint density at radius 2 is 1.96 bits per heavy atom. The first-order valence-corrected chi connectivity index (χ1v) is 7.48. The second-order valence-corrected chi connectivity index (χ2v) is 5.88. The molecule has 6 heteroatoms. The summed E-state index contributed by atoms with van der Waals surface area (Å²) in [7, 11) is 0. The van der Waals surface area contributed by atoms with Gasteiger partial charge in [0.2, 0.25) is 0 Å². The van der Waals surface area contributed by atoms with Gasteiger partial charge in [-0.05, 0) is 24.1 Å². The number of rotatable bonds is 3. The summed E-state index contributed by atoms with van der Waals surface area (Å²) in [5.41, 5.74) is 4.92. The van der Waals surface area contributed by atoms with E-state index >= 15 is 0 Å². The summed E-state index contributed by atoms with van der Waals surface area (Å²) in [6.07, 6.45) is -2.14. The quantitative estimate of drug-likeness (QED) is 0.863. The van der Waals surface area contributed by atoms with E-state index in [0.717, 1.165) is 11.6 Å². The van der Waals surface area contributed by atoms with E-state index in [1.807, 2.05) is 6.07 Å². The van der Waals surface area contributed by atoms with Gasteiger partial charge < -0.3 is 10.5 Å². The van der Waals surface area contributed by atoms with Gasteiger partial charge in [-0.15, -0.1) is 0 Å². The third kappa shape index (κ3) is 2.78. The monoisotopic (exact) mass is 335 g/mol. The molecule has 2 aromatic rings. The standard InChI is InChI=1S/C18H16F3NO2/c1-10-12(19)7-13(22)15-16(10)18(20,21)8-14(17(15)23)24-9-11-5-3-2-4-6-11/h2-7,14H,8-9,22H2,1H3. The van der Waals surface area contributed by atoms with Crippen LogP contribution in [0, 0.1) is 12.7 Å². The fourth-order valence-corrected chi connectivity index (χ4v) is 2.99. The zero-order valence-electron chi connectivity index (χ0n) is 13.0. The van der Waals surface area contributed by atoms with Crippen molar-refractivity contribution >= 4 is 11.5 Å². The zero-order chi connectivity index (χ0) is 17.5. The molecule has 0 saturated heterocycles. The summed E-state index contributed by atoms with van der Waals surface area (Å²) >= 11 is 0. The van der Waals surface area contributed by atoms with Crippen LogP contribution in [-0.2, 0) is 17.3 Å². The van der Waals surface area contributed by atoms with Gasteiger partial charge in [0.05, 0.1) is 12.2 Å². The first-order chi connectivity index (χ1) is 11.3. The number of Topliss-reactive ketones (excluding diaryl/α,β-unsaturated/α-hetero) is 1. The Morgan fingerprint density at radius 3 is 2.62 bits per heavy atom. The van der Waals surface area contributed by atoms with Crippen molar-refractivity contribution in [2.24, 2.45) is 0 Å². The second-order valence-electron chi connectivity index (χ2n) is 5.88. The van der Waals surface area contributed by atoms with Gasteiger partial charge in [0.15, 0.2) is 5.78 Å².